The van der Waals surface area contributed by atoms with Crippen molar-refractivity contribution in [1.82, 2.24) is 14.9 Å². The maximum atomic E-state index is 11.7. The Morgan fingerprint density at radius 1 is 1.44 bits per heavy atom. The average Bonchev–Trinajstić information content (AvgIpc) is 2.14. The van der Waals surface area contributed by atoms with Crippen LogP contribution in [0.3, 0.4) is 0 Å². The van der Waals surface area contributed by atoms with Crippen LogP contribution in [-0.4, -0.2) is 45.6 Å². The Hall–Kier alpha value is -1.89. The lowest BCUT2D eigenvalue weighted by Crippen LogP contribution is -2.52. The van der Waals surface area contributed by atoms with Gasteiger partial charge in [0, 0.05) is 31.7 Å². The van der Waals surface area contributed by atoms with Crippen LogP contribution in [0.2, 0.25) is 0 Å². The molecule has 2 heterocycles. The molecular weight excluding hydrogens is 214 g/mol. The highest BCUT2D eigenvalue weighted by Crippen LogP contribution is 2.16. The van der Waals surface area contributed by atoms with Gasteiger partial charge in [0.2, 0.25) is 0 Å². The molecule has 1 amide bonds. The fourth-order valence-electron chi connectivity index (χ4n) is 1.61. The first kappa shape index (κ1) is 10.6. The van der Waals surface area contributed by atoms with Crippen LogP contribution >= 0.6 is 0 Å². The summed E-state index contributed by atoms with van der Waals surface area (Å²) in [5, 5.41) is 8.79. The second-order valence-electron chi connectivity index (χ2n) is 3.76. The van der Waals surface area contributed by atoms with Gasteiger partial charge in [0.05, 0.1) is 0 Å². The van der Waals surface area contributed by atoms with Gasteiger partial charge in [0.1, 0.15) is 5.69 Å². The minimum Gasteiger partial charge on any atom is -0.396 e. The van der Waals surface area contributed by atoms with E-state index in [9.17, 15) is 14.4 Å². The Bertz CT molecular complexity index is 484. The molecule has 1 aromatic heterocycles. The molecule has 86 valence electrons. The molecule has 2 rings (SSSR count). The molecule has 0 aliphatic carbocycles. The Morgan fingerprint density at radius 2 is 2.12 bits per heavy atom. The van der Waals surface area contributed by atoms with Crippen LogP contribution in [0.4, 0.5) is 0 Å². The van der Waals surface area contributed by atoms with Gasteiger partial charge in [-0.05, 0) is 0 Å². The molecule has 0 saturated carbocycles. The number of aromatic nitrogens is 2. The molecule has 0 atom stereocenters. The van der Waals surface area contributed by atoms with E-state index < -0.39 is 17.2 Å². The second kappa shape index (κ2) is 3.93. The van der Waals surface area contributed by atoms with E-state index in [1.165, 1.54) is 4.90 Å². The van der Waals surface area contributed by atoms with Crippen molar-refractivity contribution in [2.24, 2.45) is 5.92 Å². The van der Waals surface area contributed by atoms with Crippen molar-refractivity contribution in [2.75, 3.05) is 19.7 Å². The first-order valence-electron chi connectivity index (χ1n) is 4.84. The van der Waals surface area contributed by atoms with Crippen LogP contribution in [0.5, 0.6) is 0 Å². The molecule has 1 fully saturated rings. The van der Waals surface area contributed by atoms with Crippen LogP contribution in [0.1, 0.15) is 10.5 Å². The minimum absolute atomic E-state index is 0.0230. The SMILES string of the molecule is O=C(c1cc(=O)[nH]c(=O)[nH]1)N1CC(CO)C1. The molecule has 3 N–H and O–H groups in total. The average molecular weight is 225 g/mol. The summed E-state index contributed by atoms with van der Waals surface area (Å²) in [6.07, 6.45) is 0. The van der Waals surface area contributed by atoms with E-state index in [2.05, 4.69) is 4.98 Å². The number of likely N-dealkylation sites (tertiary alicyclic amines) is 1. The van der Waals surface area contributed by atoms with Crippen LogP contribution in [-0.2, 0) is 0 Å². The van der Waals surface area contributed by atoms with E-state index >= 15 is 0 Å². The molecule has 1 saturated heterocycles. The number of aliphatic hydroxyl groups excluding tert-OH is 1. The predicted octanol–water partition coefficient (Wildman–Crippen LogP) is -1.87. The van der Waals surface area contributed by atoms with Crippen molar-refractivity contribution >= 4 is 5.91 Å². The summed E-state index contributed by atoms with van der Waals surface area (Å²) >= 11 is 0. The first-order chi connectivity index (χ1) is 7.60. The van der Waals surface area contributed by atoms with Crippen molar-refractivity contribution in [3.05, 3.63) is 32.6 Å². The van der Waals surface area contributed by atoms with E-state index in [-0.39, 0.29) is 18.2 Å². The summed E-state index contributed by atoms with van der Waals surface area (Å²) in [6.45, 7) is 0.935. The molecule has 0 bridgehead atoms. The van der Waals surface area contributed by atoms with Crippen molar-refractivity contribution in [2.45, 2.75) is 0 Å². The summed E-state index contributed by atoms with van der Waals surface area (Å²) in [6, 6.07) is 1.05. The maximum absolute atomic E-state index is 11.7. The molecule has 1 aliphatic heterocycles. The molecule has 16 heavy (non-hydrogen) atoms. The summed E-state index contributed by atoms with van der Waals surface area (Å²) in [5.41, 5.74) is -1.33. The van der Waals surface area contributed by atoms with Gasteiger partial charge in [-0.1, -0.05) is 0 Å². The summed E-state index contributed by atoms with van der Waals surface area (Å²) in [7, 11) is 0. The summed E-state index contributed by atoms with van der Waals surface area (Å²) in [4.78, 5) is 39.3. The van der Waals surface area contributed by atoms with Crippen molar-refractivity contribution in [3.8, 4) is 0 Å². The van der Waals surface area contributed by atoms with Gasteiger partial charge in [-0.3, -0.25) is 14.6 Å². The fourth-order valence-corrected chi connectivity index (χ4v) is 1.61. The van der Waals surface area contributed by atoms with Crippen LogP contribution in [0.15, 0.2) is 15.7 Å². The zero-order valence-electron chi connectivity index (χ0n) is 8.40. The summed E-state index contributed by atoms with van der Waals surface area (Å²) < 4.78 is 0. The van der Waals surface area contributed by atoms with Crippen LogP contribution < -0.4 is 11.2 Å². The number of aromatic amines is 2. The molecule has 0 radical (unpaired) electrons. The number of carbonyl (C=O) groups is 1. The third kappa shape index (κ3) is 1.89. The monoisotopic (exact) mass is 225 g/mol. The van der Waals surface area contributed by atoms with Crippen LogP contribution in [0.25, 0.3) is 0 Å². The zero-order valence-corrected chi connectivity index (χ0v) is 8.40. The molecule has 1 aliphatic rings. The molecule has 7 heteroatoms. The number of hydrogen-bond donors (Lipinski definition) is 3. The van der Waals surface area contributed by atoms with Gasteiger partial charge in [-0.25, -0.2) is 4.79 Å². The highest BCUT2D eigenvalue weighted by molar-refractivity contribution is 5.92. The minimum atomic E-state index is -0.699. The number of nitrogens with one attached hydrogen (secondary N) is 2. The normalized spacial score (nSPS) is 15.9. The quantitative estimate of drug-likeness (QED) is 0.548. The van der Waals surface area contributed by atoms with E-state index in [0.717, 1.165) is 6.07 Å². The molecule has 7 nitrogen and oxygen atoms in total. The molecular formula is C9H11N3O4. The van der Waals surface area contributed by atoms with E-state index in [0.29, 0.717) is 13.1 Å². The third-order valence-electron chi connectivity index (χ3n) is 2.49. The first-order valence-corrected chi connectivity index (χ1v) is 4.84. The zero-order chi connectivity index (χ0) is 11.7. The van der Waals surface area contributed by atoms with E-state index in [1.54, 1.807) is 0 Å². The van der Waals surface area contributed by atoms with Crippen molar-refractivity contribution < 1.29 is 9.90 Å². The predicted molar refractivity (Wildman–Crippen MR) is 54.2 cm³/mol. The highest BCUT2D eigenvalue weighted by Gasteiger charge is 2.31. The Labute approximate surface area is 89.7 Å². The van der Waals surface area contributed by atoms with Gasteiger partial charge in [0.25, 0.3) is 11.5 Å². The maximum Gasteiger partial charge on any atom is 0.326 e. The van der Waals surface area contributed by atoms with Gasteiger partial charge in [-0.2, -0.15) is 0 Å². The van der Waals surface area contributed by atoms with Gasteiger partial charge >= 0.3 is 5.69 Å². The van der Waals surface area contributed by atoms with E-state index in [1.807, 2.05) is 4.98 Å². The lowest BCUT2D eigenvalue weighted by atomic mass is 10.0. The summed E-state index contributed by atoms with van der Waals surface area (Å²) in [5.74, 6) is -0.300. The van der Waals surface area contributed by atoms with Crippen molar-refractivity contribution in [3.63, 3.8) is 0 Å². The Kier molecular flexibility index (Phi) is 2.61. The fraction of sp³-hybridized carbons (Fsp3) is 0.444. The number of nitrogens with zero attached hydrogens (tertiary/aromatic N) is 1. The Balaban J connectivity index is 2.16. The molecule has 1 aromatic rings. The number of aliphatic hydroxyl groups is 1. The van der Waals surface area contributed by atoms with E-state index in [4.69, 9.17) is 5.11 Å². The van der Waals surface area contributed by atoms with Gasteiger partial charge < -0.3 is 15.0 Å². The topological polar surface area (TPSA) is 106 Å². The Morgan fingerprint density at radius 3 is 2.69 bits per heavy atom. The lowest BCUT2D eigenvalue weighted by Gasteiger charge is -2.37. The van der Waals surface area contributed by atoms with Crippen LogP contribution in [0, 0.1) is 5.92 Å². The molecule has 0 aromatic carbocycles. The standard InChI is InChI=1S/C9H11N3O4/c13-4-5-2-12(3-5)8(15)6-1-7(14)11-9(16)10-6/h1,5,13H,2-4H2,(H2,10,11,14,16). The number of hydrogen-bond acceptors (Lipinski definition) is 4. The smallest absolute Gasteiger partial charge is 0.326 e. The second-order valence-corrected chi connectivity index (χ2v) is 3.76. The molecule has 0 spiro atoms. The lowest BCUT2D eigenvalue weighted by molar-refractivity contribution is 0.0356. The molecule has 0 unspecified atom stereocenters. The van der Waals surface area contributed by atoms with Crippen molar-refractivity contribution in [1.29, 1.82) is 0 Å². The number of amides is 1. The largest absolute Gasteiger partial charge is 0.396 e. The third-order valence-corrected chi connectivity index (χ3v) is 2.49. The number of H-pyrrole nitrogens is 2. The van der Waals surface area contributed by atoms with Gasteiger partial charge in [0.15, 0.2) is 0 Å². The number of carbonyl (C=O) groups excluding carboxylic acids is 1. The highest BCUT2D eigenvalue weighted by atomic mass is 16.3. The number of rotatable bonds is 2. The van der Waals surface area contributed by atoms with Gasteiger partial charge in [-0.15, -0.1) is 0 Å².